The summed E-state index contributed by atoms with van der Waals surface area (Å²) in [5.41, 5.74) is -0.307. The third-order valence-electron chi connectivity index (χ3n) is 4.99. The average Bonchev–Trinajstić information content (AvgIpc) is 2.48. The number of halogens is 1. The number of carbonyl (C=O) groups excluding carboxylic acids is 1. The molecule has 2 aliphatic rings. The van der Waals surface area contributed by atoms with E-state index in [4.69, 9.17) is 4.74 Å². The van der Waals surface area contributed by atoms with Gasteiger partial charge in [-0.2, -0.15) is 0 Å². The number of nitrogens with one attached hydrogen (secondary N) is 1. The number of hydrogen-bond donors (Lipinski definition) is 1. The Morgan fingerprint density at radius 2 is 1.90 bits per heavy atom. The zero-order valence-electron chi connectivity index (χ0n) is 13.6. The monoisotopic (exact) mass is 319 g/mol. The van der Waals surface area contributed by atoms with Crippen LogP contribution in [0.2, 0.25) is 0 Å². The maximum Gasteiger partial charge on any atom is 0.231 e. The molecule has 1 amide bonds. The standard InChI is InChI=1S/C15H29N3O2.ClH/c1-17-10-4-13(5-11-17)18(2)14(19)15(12-20-3)6-8-16-9-7-15;/h13,16H,4-12H2,1-3H3;1H. The van der Waals surface area contributed by atoms with Gasteiger partial charge in [0.2, 0.25) is 5.91 Å². The average molecular weight is 320 g/mol. The van der Waals surface area contributed by atoms with E-state index in [1.54, 1.807) is 7.11 Å². The molecular formula is C15H30ClN3O2. The molecule has 1 N–H and O–H groups in total. The van der Waals surface area contributed by atoms with E-state index in [9.17, 15) is 4.79 Å². The topological polar surface area (TPSA) is 44.8 Å². The first-order valence-corrected chi connectivity index (χ1v) is 7.74. The number of amides is 1. The molecular weight excluding hydrogens is 290 g/mol. The van der Waals surface area contributed by atoms with Crippen LogP contribution in [0.4, 0.5) is 0 Å². The third kappa shape index (κ3) is 4.31. The van der Waals surface area contributed by atoms with E-state index < -0.39 is 0 Å². The molecule has 0 aliphatic carbocycles. The highest BCUT2D eigenvalue weighted by Gasteiger charge is 2.42. The van der Waals surface area contributed by atoms with Crippen LogP contribution in [0.5, 0.6) is 0 Å². The van der Waals surface area contributed by atoms with Gasteiger partial charge in [-0.3, -0.25) is 4.79 Å². The number of likely N-dealkylation sites (tertiary alicyclic amines) is 1. The van der Waals surface area contributed by atoms with Gasteiger partial charge in [0.1, 0.15) is 0 Å². The van der Waals surface area contributed by atoms with Crippen LogP contribution in [0.1, 0.15) is 25.7 Å². The summed E-state index contributed by atoms with van der Waals surface area (Å²) in [6.07, 6.45) is 3.94. The molecule has 2 heterocycles. The first kappa shape index (κ1) is 18.7. The van der Waals surface area contributed by atoms with Gasteiger partial charge in [-0.1, -0.05) is 0 Å². The second kappa shape index (κ2) is 8.32. The molecule has 5 nitrogen and oxygen atoms in total. The Hall–Kier alpha value is -0.360. The largest absolute Gasteiger partial charge is 0.384 e. The second-order valence-corrected chi connectivity index (χ2v) is 6.41. The van der Waals surface area contributed by atoms with E-state index in [2.05, 4.69) is 17.3 Å². The molecule has 124 valence electrons. The molecule has 0 unspecified atom stereocenters. The summed E-state index contributed by atoms with van der Waals surface area (Å²) in [5, 5.41) is 3.34. The maximum atomic E-state index is 13.0. The highest BCUT2D eigenvalue weighted by atomic mass is 35.5. The third-order valence-corrected chi connectivity index (χ3v) is 4.99. The van der Waals surface area contributed by atoms with E-state index in [0.717, 1.165) is 51.9 Å². The van der Waals surface area contributed by atoms with Gasteiger partial charge in [0.25, 0.3) is 0 Å². The fraction of sp³-hybridized carbons (Fsp3) is 0.933. The Morgan fingerprint density at radius 1 is 1.33 bits per heavy atom. The molecule has 21 heavy (non-hydrogen) atoms. The lowest BCUT2D eigenvalue weighted by Gasteiger charge is -2.42. The summed E-state index contributed by atoms with van der Waals surface area (Å²) in [7, 11) is 5.83. The molecule has 0 aromatic carbocycles. The SMILES string of the molecule is COCC1(C(=O)N(C)C2CCN(C)CC2)CCNCC1.Cl. The minimum absolute atomic E-state index is 0. The Bertz CT molecular complexity index is 321. The van der Waals surface area contributed by atoms with Crippen LogP contribution in [0.15, 0.2) is 0 Å². The predicted octanol–water partition coefficient (Wildman–Crippen LogP) is 0.977. The Labute approximate surface area is 134 Å². The number of rotatable bonds is 4. The lowest BCUT2D eigenvalue weighted by molar-refractivity contribution is -0.149. The van der Waals surface area contributed by atoms with Gasteiger partial charge in [-0.05, 0) is 58.9 Å². The van der Waals surface area contributed by atoms with Crippen molar-refractivity contribution in [1.82, 2.24) is 15.1 Å². The lowest BCUT2D eigenvalue weighted by Crippen LogP contribution is -2.54. The fourth-order valence-corrected chi connectivity index (χ4v) is 3.52. The van der Waals surface area contributed by atoms with E-state index in [1.165, 1.54) is 0 Å². The normalized spacial score (nSPS) is 23.4. The van der Waals surface area contributed by atoms with Gasteiger partial charge in [0, 0.05) is 20.2 Å². The van der Waals surface area contributed by atoms with Gasteiger partial charge in [-0.25, -0.2) is 0 Å². The highest BCUT2D eigenvalue weighted by Crippen LogP contribution is 2.32. The van der Waals surface area contributed by atoms with Gasteiger partial charge in [0.15, 0.2) is 0 Å². The number of piperidine rings is 2. The first-order valence-electron chi connectivity index (χ1n) is 7.74. The minimum Gasteiger partial charge on any atom is -0.384 e. The smallest absolute Gasteiger partial charge is 0.231 e. The van der Waals surface area contributed by atoms with E-state index >= 15 is 0 Å². The molecule has 0 aromatic rings. The van der Waals surface area contributed by atoms with Gasteiger partial charge < -0.3 is 19.9 Å². The van der Waals surface area contributed by atoms with Crippen LogP contribution in [0, 0.1) is 5.41 Å². The zero-order chi connectivity index (χ0) is 14.6. The van der Waals surface area contributed by atoms with Crippen molar-refractivity contribution in [2.45, 2.75) is 31.7 Å². The lowest BCUT2D eigenvalue weighted by atomic mass is 9.78. The van der Waals surface area contributed by atoms with Crippen molar-refractivity contribution in [2.24, 2.45) is 5.41 Å². The number of carbonyl (C=O) groups is 1. The number of nitrogens with zero attached hydrogens (tertiary/aromatic N) is 2. The molecule has 0 spiro atoms. The number of ether oxygens (including phenoxy) is 1. The molecule has 2 saturated heterocycles. The maximum absolute atomic E-state index is 13.0. The molecule has 0 radical (unpaired) electrons. The fourth-order valence-electron chi connectivity index (χ4n) is 3.52. The Balaban J connectivity index is 0.00000220. The van der Waals surface area contributed by atoms with Crippen molar-refractivity contribution in [1.29, 1.82) is 0 Å². The number of methoxy groups -OCH3 is 1. The van der Waals surface area contributed by atoms with Crippen LogP contribution < -0.4 is 5.32 Å². The van der Waals surface area contributed by atoms with Crippen LogP contribution >= 0.6 is 12.4 Å². The predicted molar refractivity (Wildman–Crippen MR) is 86.9 cm³/mol. The van der Waals surface area contributed by atoms with Crippen molar-refractivity contribution in [3.05, 3.63) is 0 Å². The summed E-state index contributed by atoms with van der Waals surface area (Å²) in [5.74, 6) is 0.287. The second-order valence-electron chi connectivity index (χ2n) is 6.41. The molecule has 2 rings (SSSR count). The summed E-state index contributed by atoms with van der Waals surface area (Å²) >= 11 is 0. The number of hydrogen-bond acceptors (Lipinski definition) is 4. The molecule has 6 heteroatoms. The molecule has 0 saturated carbocycles. The highest BCUT2D eigenvalue weighted by molar-refractivity contribution is 5.85. The van der Waals surface area contributed by atoms with Crippen molar-refractivity contribution >= 4 is 18.3 Å². The van der Waals surface area contributed by atoms with Crippen LogP contribution in [-0.4, -0.2) is 75.7 Å². The Morgan fingerprint density at radius 3 is 2.43 bits per heavy atom. The van der Waals surface area contributed by atoms with E-state index in [0.29, 0.717) is 12.6 Å². The van der Waals surface area contributed by atoms with Crippen LogP contribution in [-0.2, 0) is 9.53 Å². The molecule has 0 aromatic heterocycles. The van der Waals surface area contributed by atoms with Crippen molar-refractivity contribution < 1.29 is 9.53 Å². The molecule has 0 atom stereocenters. The Kier molecular flexibility index (Phi) is 7.40. The van der Waals surface area contributed by atoms with Crippen LogP contribution in [0.25, 0.3) is 0 Å². The minimum atomic E-state index is -0.307. The quantitative estimate of drug-likeness (QED) is 0.839. The zero-order valence-corrected chi connectivity index (χ0v) is 14.4. The van der Waals surface area contributed by atoms with Gasteiger partial charge >= 0.3 is 0 Å². The van der Waals surface area contributed by atoms with Gasteiger partial charge in [0.05, 0.1) is 12.0 Å². The molecule has 0 bridgehead atoms. The summed E-state index contributed by atoms with van der Waals surface area (Å²) in [6, 6.07) is 0.391. The van der Waals surface area contributed by atoms with Crippen molar-refractivity contribution in [3.8, 4) is 0 Å². The first-order chi connectivity index (χ1) is 9.59. The van der Waals surface area contributed by atoms with Crippen molar-refractivity contribution in [3.63, 3.8) is 0 Å². The van der Waals surface area contributed by atoms with E-state index in [1.807, 2.05) is 11.9 Å². The summed E-state index contributed by atoms with van der Waals surface area (Å²) < 4.78 is 5.38. The van der Waals surface area contributed by atoms with Crippen LogP contribution in [0.3, 0.4) is 0 Å². The van der Waals surface area contributed by atoms with E-state index in [-0.39, 0.29) is 23.7 Å². The van der Waals surface area contributed by atoms with Crippen molar-refractivity contribution in [2.75, 3.05) is 54.0 Å². The molecule has 2 fully saturated rings. The summed E-state index contributed by atoms with van der Waals surface area (Å²) in [6.45, 7) is 4.54. The summed E-state index contributed by atoms with van der Waals surface area (Å²) in [4.78, 5) is 17.3. The molecule has 2 aliphatic heterocycles. The van der Waals surface area contributed by atoms with Gasteiger partial charge in [-0.15, -0.1) is 12.4 Å².